The molecular formula is C20H22N2O3. The van der Waals surface area contributed by atoms with Crippen LogP contribution in [0, 0.1) is 0 Å². The third-order valence-electron chi connectivity index (χ3n) is 4.24. The smallest absolute Gasteiger partial charge is 0.410 e. The van der Waals surface area contributed by atoms with Crippen LogP contribution in [0.4, 0.5) is 4.79 Å². The van der Waals surface area contributed by atoms with Crippen LogP contribution in [0.1, 0.15) is 18.4 Å². The highest BCUT2D eigenvalue weighted by Gasteiger charge is 2.28. The van der Waals surface area contributed by atoms with Gasteiger partial charge in [-0.25, -0.2) is 4.79 Å². The summed E-state index contributed by atoms with van der Waals surface area (Å²) in [6.07, 6.45) is 1.86. The van der Waals surface area contributed by atoms with Crippen molar-refractivity contribution in [3.8, 4) is 5.75 Å². The molecule has 2 amide bonds. The molecular weight excluding hydrogens is 316 g/mol. The van der Waals surface area contributed by atoms with Crippen LogP contribution in [-0.4, -0.2) is 36.0 Å². The molecule has 130 valence electrons. The lowest BCUT2D eigenvalue weighted by atomic mass is 10.1. The summed E-state index contributed by atoms with van der Waals surface area (Å²) in [5.74, 6) is 0.401. The molecule has 1 heterocycles. The second-order valence-electron chi connectivity index (χ2n) is 6.12. The number of rotatable bonds is 5. The molecule has 1 atom stereocenters. The van der Waals surface area contributed by atoms with Crippen LogP contribution in [-0.2, 0) is 11.2 Å². The molecule has 1 saturated heterocycles. The van der Waals surface area contributed by atoms with Gasteiger partial charge >= 0.3 is 6.09 Å². The van der Waals surface area contributed by atoms with E-state index in [0.29, 0.717) is 12.2 Å². The predicted octanol–water partition coefficient (Wildman–Crippen LogP) is 3.01. The summed E-state index contributed by atoms with van der Waals surface area (Å²) in [4.78, 5) is 26.8. The largest absolute Gasteiger partial charge is 0.413 e. The van der Waals surface area contributed by atoms with E-state index >= 15 is 0 Å². The van der Waals surface area contributed by atoms with Crippen LogP contribution >= 0.6 is 0 Å². The summed E-state index contributed by atoms with van der Waals surface area (Å²) in [7, 11) is 0. The van der Waals surface area contributed by atoms with E-state index in [1.165, 1.54) is 0 Å². The van der Waals surface area contributed by atoms with E-state index in [9.17, 15) is 9.59 Å². The molecule has 1 N–H and O–H groups in total. The molecule has 25 heavy (non-hydrogen) atoms. The Morgan fingerprint density at radius 2 is 1.56 bits per heavy atom. The number of likely N-dealkylation sites (tertiary alicyclic amines) is 1. The van der Waals surface area contributed by atoms with Crippen molar-refractivity contribution in [2.45, 2.75) is 25.3 Å². The van der Waals surface area contributed by atoms with E-state index in [-0.39, 0.29) is 5.91 Å². The standard InChI is InChI=1S/C20H22N2O3/c23-19(22-13-7-8-14-22)18(15-16-9-3-1-4-10-16)21-20(24)25-17-11-5-2-6-12-17/h1-6,9-12,18H,7-8,13-15H2,(H,21,24)/t18-/m0/s1. The maximum absolute atomic E-state index is 12.8. The minimum Gasteiger partial charge on any atom is -0.410 e. The number of hydrogen-bond acceptors (Lipinski definition) is 3. The molecule has 0 saturated carbocycles. The first kappa shape index (κ1) is 17.0. The molecule has 0 radical (unpaired) electrons. The average molecular weight is 338 g/mol. The van der Waals surface area contributed by atoms with Crippen LogP contribution in [0.2, 0.25) is 0 Å². The fourth-order valence-corrected chi connectivity index (χ4v) is 2.98. The minimum absolute atomic E-state index is 0.0497. The maximum atomic E-state index is 12.8. The Morgan fingerprint density at radius 3 is 2.20 bits per heavy atom. The van der Waals surface area contributed by atoms with Gasteiger partial charge in [0.25, 0.3) is 0 Å². The fourth-order valence-electron chi connectivity index (χ4n) is 2.98. The summed E-state index contributed by atoms with van der Waals surface area (Å²) in [5, 5.41) is 2.74. The van der Waals surface area contributed by atoms with E-state index in [4.69, 9.17) is 4.74 Å². The molecule has 2 aromatic rings. The molecule has 0 aromatic heterocycles. The molecule has 0 spiro atoms. The van der Waals surface area contributed by atoms with Crippen molar-refractivity contribution in [3.63, 3.8) is 0 Å². The molecule has 1 aliphatic heterocycles. The van der Waals surface area contributed by atoms with Crippen molar-refractivity contribution in [1.29, 1.82) is 0 Å². The molecule has 3 rings (SSSR count). The van der Waals surface area contributed by atoms with E-state index in [2.05, 4.69) is 5.32 Å². The zero-order valence-electron chi connectivity index (χ0n) is 14.1. The van der Waals surface area contributed by atoms with E-state index in [1.807, 2.05) is 41.3 Å². The van der Waals surface area contributed by atoms with E-state index in [0.717, 1.165) is 31.5 Å². The van der Waals surface area contributed by atoms with Gasteiger partial charge in [0, 0.05) is 19.5 Å². The topological polar surface area (TPSA) is 58.6 Å². The third kappa shape index (κ3) is 4.83. The third-order valence-corrected chi connectivity index (χ3v) is 4.24. The van der Waals surface area contributed by atoms with Gasteiger partial charge in [0.05, 0.1) is 0 Å². The summed E-state index contributed by atoms with van der Waals surface area (Å²) in [6.45, 7) is 1.50. The molecule has 1 fully saturated rings. The number of nitrogens with one attached hydrogen (secondary N) is 1. The van der Waals surface area contributed by atoms with Crippen LogP contribution in [0.25, 0.3) is 0 Å². The second-order valence-corrected chi connectivity index (χ2v) is 6.12. The highest BCUT2D eigenvalue weighted by molar-refractivity contribution is 5.86. The van der Waals surface area contributed by atoms with Gasteiger partial charge in [-0.15, -0.1) is 0 Å². The zero-order chi connectivity index (χ0) is 17.5. The zero-order valence-corrected chi connectivity index (χ0v) is 14.1. The summed E-state index contributed by atoms with van der Waals surface area (Å²) in [5.41, 5.74) is 1.00. The average Bonchev–Trinajstić information content (AvgIpc) is 3.17. The lowest BCUT2D eigenvalue weighted by molar-refractivity contribution is -0.132. The lowest BCUT2D eigenvalue weighted by Crippen LogP contribution is -2.49. The summed E-state index contributed by atoms with van der Waals surface area (Å²) < 4.78 is 5.27. The van der Waals surface area contributed by atoms with Gasteiger partial charge in [-0.2, -0.15) is 0 Å². The fraction of sp³-hybridized carbons (Fsp3) is 0.300. The number of hydrogen-bond donors (Lipinski definition) is 1. The van der Waals surface area contributed by atoms with Gasteiger partial charge in [0.1, 0.15) is 11.8 Å². The van der Waals surface area contributed by atoms with Crippen LogP contribution in [0.15, 0.2) is 60.7 Å². The van der Waals surface area contributed by atoms with Gasteiger partial charge in [0.2, 0.25) is 5.91 Å². The highest BCUT2D eigenvalue weighted by atomic mass is 16.6. The Labute approximate surface area is 147 Å². The number of benzene rings is 2. The monoisotopic (exact) mass is 338 g/mol. The molecule has 0 bridgehead atoms. The number of ether oxygens (including phenoxy) is 1. The molecule has 2 aromatic carbocycles. The second kappa shape index (κ2) is 8.33. The molecule has 1 aliphatic rings. The molecule has 5 heteroatoms. The van der Waals surface area contributed by atoms with Crippen molar-refractivity contribution in [1.82, 2.24) is 10.2 Å². The number of para-hydroxylation sites is 1. The SMILES string of the molecule is O=C(N[C@@H](Cc1ccccc1)C(=O)N1CCCC1)Oc1ccccc1. The van der Waals surface area contributed by atoms with Crippen LogP contribution in [0.5, 0.6) is 5.75 Å². The normalized spacial score (nSPS) is 14.8. The molecule has 0 unspecified atom stereocenters. The lowest BCUT2D eigenvalue weighted by Gasteiger charge is -2.24. The minimum atomic E-state index is -0.628. The first-order valence-corrected chi connectivity index (χ1v) is 8.58. The van der Waals surface area contributed by atoms with Gasteiger partial charge in [0.15, 0.2) is 0 Å². The first-order chi connectivity index (χ1) is 12.2. The predicted molar refractivity (Wildman–Crippen MR) is 95.3 cm³/mol. The van der Waals surface area contributed by atoms with Crippen molar-refractivity contribution in [2.24, 2.45) is 0 Å². The highest BCUT2D eigenvalue weighted by Crippen LogP contribution is 2.13. The molecule has 0 aliphatic carbocycles. The number of amides is 2. The summed E-state index contributed by atoms with van der Waals surface area (Å²) >= 11 is 0. The van der Waals surface area contributed by atoms with Gasteiger partial charge in [-0.1, -0.05) is 48.5 Å². The Kier molecular flexibility index (Phi) is 5.67. The number of nitrogens with zero attached hydrogens (tertiary/aromatic N) is 1. The Morgan fingerprint density at radius 1 is 0.960 bits per heavy atom. The van der Waals surface area contributed by atoms with E-state index in [1.54, 1.807) is 24.3 Å². The number of carbonyl (C=O) groups is 2. The van der Waals surface area contributed by atoms with Crippen LogP contribution in [0.3, 0.4) is 0 Å². The van der Waals surface area contributed by atoms with Crippen molar-refractivity contribution in [2.75, 3.05) is 13.1 Å². The van der Waals surface area contributed by atoms with Gasteiger partial charge < -0.3 is 15.0 Å². The van der Waals surface area contributed by atoms with E-state index < -0.39 is 12.1 Å². The van der Waals surface area contributed by atoms with Crippen molar-refractivity contribution < 1.29 is 14.3 Å². The Balaban J connectivity index is 1.68. The summed E-state index contributed by atoms with van der Waals surface area (Å²) in [6, 6.07) is 17.9. The number of carbonyl (C=O) groups excluding carboxylic acids is 2. The Hall–Kier alpha value is -2.82. The van der Waals surface area contributed by atoms with Gasteiger partial charge in [-0.05, 0) is 30.5 Å². The maximum Gasteiger partial charge on any atom is 0.413 e. The molecule has 5 nitrogen and oxygen atoms in total. The van der Waals surface area contributed by atoms with Crippen molar-refractivity contribution >= 4 is 12.0 Å². The van der Waals surface area contributed by atoms with Crippen molar-refractivity contribution in [3.05, 3.63) is 66.2 Å². The van der Waals surface area contributed by atoms with Crippen LogP contribution < -0.4 is 10.1 Å². The van der Waals surface area contributed by atoms with Gasteiger partial charge in [-0.3, -0.25) is 4.79 Å². The Bertz CT molecular complexity index is 697. The quantitative estimate of drug-likeness (QED) is 0.912. The first-order valence-electron chi connectivity index (χ1n) is 8.58.